The van der Waals surface area contributed by atoms with Gasteiger partial charge in [-0.05, 0) is 19.1 Å². The average molecular weight is 269 g/mol. The Labute approximate surface area is 103 Å². The Morgan fingerprint density at radius 1 is 1.75 bits per heavy atom. The number of carboxylic acids is 1. The van der Waals surface area contributed by atoms with E-state index in [-0.39, 0.29) is 19.3 Å². The lowest BCUT2D eigenvalue weighted by atomic mass is 10.1. The van der Waals surface area contributed by atoms with Crippen LogP contribution in [0.25, 0.3) is 0 Å². The summed E-state index contributed by atoms with van der Waals surface area (Å²) in [7, 11) is -0.505. The fourth-order valence-corrected chi connectivity index (χ4v) is 3.70. The molecule has 1 rings (SSSR count). The van der Waals surface area contributed by atoms with Crippen molar-refractivity contribution in [2.75, 3.05) is 26.0 Å². The second-order valence-electron chi connectivity index (χ2n) is 3.84. The Kier molecular flexibility index (Phi) is 5.91. The molecule has 1 unspecified atom stereocenters. The molecule has 0 spiro atoms. The summed E-state index contributed by atoms with van der Waals surface area (Å²) in [5.41, 5.74) is 0. The molecule has 0 saturated carbocycles. The van der Waals surface area contributed by atoms with Gasteiger partial charge in [-0.2, -0.15) is 10.1 Å². The smallest absolute Gasteiger partial charge is 0.329 e. The molecule has 0 bridgehead atoms. The quantitative estimate of drug-likeness (QED) is 0.412. The number of hydrogen-bond donors (Lipinski definition) is 4. The molecule has 3 atom stereocenters. The molecule has 0 aliphatic carbocycles. The van der Waals surface area contributed by atoms with Crippen molar-refractivity contribution in [2.45, 2.75) is 25.0 Å². The highest BCUT2D eigenvalue weighted by atomic mass is 33.1. The van der Waals surface area contributed by atoms with E-state index in [4.69, 9.17) is 9.84 Å². The first-order chi connectivity index (χ1) is 7.52. The van der Waals surface area contributed by atoms with Crippen molar-refractivity contribution in [3.63, 3.8) is 0 Å². The number of hydrogen-bond acceptors (Lipinski definition) is 5. The fourth-order valence-electron chi connectivity index (χ4n) is 1.91. The van der Waals surface area contributed by atoms with Gasteiger partial charge in [0.2, 0.25) is 0 Å². The summed E-state index contributed by atoms with van der Waals surface area (Å²) >= 11 is 4.42. The highest BCUT2D eigenvalue weighted by Gasteiger charge is 2.31. The van der Waals surface area contributed by atoms with E-state index < -0.39 is 22.2 Å². The largest absolute Gasteiger partial charge is 0.480 e. The SMILES string of the molecule is C[SH](S)N1CCC[C@H]1[C@H](O)COCC(=O)O. The molecule has 1 aliphatic heterocycles. The van der Waals surface area contributed by atoms with Gasteiger partial charge in [0.1, 0.15) is 6.61 Å². The minimum Gasteiger partial charge on any atom is -0.480 e. The molecule has 96 valence electrons. The van der Waals surface area contributed by atoms with Gasteiger partial charge in [0, 0.05) is 12.6 Å². The second kappa shape index (κ2) is 6.70. The van der Waals surface area contributed by atoms with Crippen molar-refractivity contribution >= 4 is 27.7 Å². The van der Waals surface area contributed by atoms with E-state index in [0.717, 1.165) is 19.4 Å². The number of aliphatic hydroxyl groups excluding tert-OH is 1. The monoisotopic (exact) mass is 269 g/mol. The van der Waals surface area contributed by atoms with Gasteiger partial charge < -0.3 is 14.9 Å². The summed E-state index contributed by atoms with van der Waals surface area (Å²) in [6.07, 6.45) is 3.37. The number of rotatable bonds is 6. The van der Waals surface area contributed by atoms with Crippen molar-refractivity contribution < 1.29 is 19.7 Å². The van der Waals surface area contributed by atoms with E-state index >= 15 is 0 Å². The summed E-state index contributed by atoms with van der Waals surface area (Å²) < 4.78 is 7.08. The summed E-state index contributed by atoms with van der Waals surface area (Å²) in [6, 6.07) is 0.0578. The molecule has 0 aromatic heterocycles. The summed E-state index contributed by atoms with van der Waals surface area (Å²) in [6.45, 7) is 0.669. The Morgan fingerprint density at radius 2 is 2.44 bits per heavy atom. The highest BCUT2D eigenvalue weighted by molar-refractivity contribution is 8.76. The van der Waals surface area contributed by atoms with Crippen LogP contribution < -0.4 is 0 Å². The minimum absolute atomic E-state index is 0.0578. The predicted molar refractivity (Wildman–Crippen MR) is 68.1 cm³/mol. The highest BCUT2D eigenvalue weighted by Crippen LogP contribution is 2.38. The molecule has 16 heavy (non-hydrogen) atoms. The van der Waals surface area contributed by atoms with Crippen LogP contribution in [0.3, 0.4) is 0 Å². The number of thiol groups is 2. The normalized spacial score (nSPS) is 26.7. The molecule has 1 aliphatic rings. The van der Waals surface area contributed by atoms with E-state index in [1.54, 1.807) is 0 Å². The molecule has 1 saturated heterocycles. The van der Waals surface area contributed by atoms with E-state index in [0.29, 0.717) is 0 Å². The molecule has 1 heterocycles. The predicted octanol–water partition coefficient (Wildman–Crippen LogP) is 0.304. The molecule has 1 fully saturated rings. The molecule has 0 aromatic rings. The molecule has 0 radical (unpaired) electrons. The zero-order chi connectivity index (χ0) is 12.1. The standard InChI is InChI=1S/C9H19NO4S2/c1-16(15)10-4-2-3-7(10)8(11)5-14-6-9(12)13/h7-8,11,15-16H,2-6H2,1H3,(H,12,13)/t7-,8+/m0/s1. The molecule has 0 aromatic carbocycles. The van der Waals surface area contributed by atoms with Crippen LogP contribution in [0.5, 0.6) is 0 Å². The lowest BCUT2D eigenvalue weighted by molar-refractivity contribution is -0.143. The van der Waals surface area contributed by atoms with Crippen LogP contribution in [0.4, 0.5) is 0 Å². The number of nitrogens with zero attached hydrogens (tertiary/aromatic N) is 1. The van der Waals surface area contributed by atoms with E-state index in [1.807, 2.05) is 6.26 Å². The molecular formula is C9H19NO4S2. The lowest BCUT2D eigenvalue weighted by Crippen LogP contribution is -2.39. The van der Waals surface area contributed by atoms with Crippen LogP contribution in [-0.4, -0.2) is 58.6 Å². The first-order valence-electron chi connectivity index (χ1n) is 5.19. The average Bonchev–Trinajstić information content (AvgIpc) is 2.65. The second-order valence-corrected chi connectivity index (χ2v) is 7.07. The molecule has 5 nitrogen and oxygen atoms in total. The van der Waals surface area contributed by atoms with Gasteiger partial charge in [-0.1, -0.05) is 0 Å². The first kappa shape index (κ1) is 14.1. The first-order valence-corrected chi connectivity index (χ1v) is 8.08. The lowest BCUT2D eigenvalue weighted by Gasteiger charge is -2.32. The molecule has 0 amide bonds. The topological polar surface area (TPSA) is 70.0 Å². The Balaban J connectivity index is 2.34. The van der Waals surface area contributed by atoms with Crippen molar-refractivity contribution in [3.05, 3.63) is 0 Å². The van der Waals surface area contributed by atoms with Gasteiger partial charge in [0.15, 0.2) is 0 Å². The third-order valence-electron chi connectivity index (χ3n) is 2.60. The maximum atomic E-state index is 10.2. The van der Waals surface area contributed by atoms with Crippen molar-refractivity contribution in [1.82, 2.24) is 4.31 Å². The summed E-state index contributed by atoms with van der Waals surface area (Å²) in [5.74, 6) is -1.01. The van der Waals surface area contributed by atoms with Crippen LogP contribution in [-0.2, 0) is 9.53 Å². The number of carbonyl (C=O) groups is 1. The minimum atomic E-state index is -1.01. The Morgan fingerprint density at radius 3 is 3.00 bits per heavy atom. The summed E-state index contributed by atoms with van der Waals surface area (Å²) in [5, 5.41) is 18.3. The zero-order valence-corrected chi connectivity index (χ0v) is 11.0. The molecular weight excluding hydrogens is 250 g/mol. The Hall–Kier alpha value is 0.0500. The zero-order valence-electron chi connectivity index (χ0n) is 9.24. The number of ether oxygens (including phenoxy) is 1. The van der Waals surface area contributed by atoms with Crippen LogP contribution in [0, 0.1) is 0 Å². The number of aliphatic carboxylic acids is 1. The van der Waals surface area contributed by atoms with Gasteiger partial charge in [0.25, 0.3) is 0 Å². The third kappa shape index (κ3) is 4.14. The number of aliphatic hydroxyl groups is 1. The molecule has 7 heteroatoms. The van der Waals surface area contributed by atoms with Gasteiger partial charge in [-0.15, -0.1) is 11.7 Å². The van der Waals surface area contributed by atoms with Gasteiger partial charge in [0.05, 0.1) is 12.7 Å². The van der Waals surface area contributed by atoms with Crippen LogP contribution in [0.2, 0.25) is 0 Å². The fraction of sp³-hybridized carbons (Fsp3) is 0.889. The van der Waals surface area contributed by atoms with Crippen molar-refractivity contribution in [1.29, 1.82) is 0 Å². The van der Waals surface area contributed by atoms with Crippen LogP contribution in [0.15, 0.2) is 0 Å². The van der Waals surface area contributed by atoms with Gasteiger partial charge in [-0.3, -0.25) is 4.31 Å². The van der Waals surface area contributed by atoms with Gasteiger partial charge in [-0.25, -0.2) is 4.79 Å². The third-order valence-corrected chi connectivity index (χ3v) is 4.53. The van der Waals surface area contributed by atoms with E-state index in [2.05, 4.69) is 16.0 Å². The van der Waals surface area contributed by atoms with Gasteiger partial charge >= 0.3 is 5.97 Å². The maximum absolute atomic E-state index is 10.2. The molecule has 2 N–H and O–H groups in total. The van der Waals surface area contributed by atoms with Crippen LogP contribution >= 0.6 is 21.8 Å². The van der Waals surface area contributed by atoms with E-state index in [9.17, 15) is 9.90 Å². The maximum Gasteiger partial charge on any atom is 0.329 e. The van der Waals surface area contributed by atoms with E-state index in [1.165, 1.54) is 0 Å². The van der Waals surface area contributed by atoms with Crippen molar-refractivity contribution in [2.24, 2.45) is 0 Å². The number of carboxylic acid groups (broad SMARTS) is 1. The Bertz CT molecular complexity index is 240. The van der Waals surface area contributed by atoms with Crippen LogP contribution in [0.1, 0.15) is 12.8 Å². The van der Waals surface area contributed by atoms with Crippen molar-refractivity contribution in [3.8, 4) is 0 Å². The summed E-state index contributed by atoms with van der Waals surface area (Å²) in [4.78, 5) is 10.2.